The van der Waals surface area contributed by atoms with Crippen molar-refractivity contribution >= 4 is 31.9 Å². The molecule has 0 unspecified atom stereocenters. The summed E-state index contributed by atoms with van der Waals surface area (Å²) in [6.07, 6.45) is 1.16. The van der Waals surface area contributed by atoms with Gasteiger partial charge in [0.2, 0.25) is 0 Å². The lowest BCUT2D eigenvalue weighted by molar-refractivity contribution is -0.380. The molecule has 21 heavy (non-hydrogen) atoms. The normalized spacial score (nSPS) is 11.3. The summed E-state index contributed by atoms with van der Waals surface area (Å²) < 4.78 is 23.1. The Morgan fingerprint density at radius 3 is 2.57 bits per heavy atom. The minimum absolute atomic E-state index is 0.0911. The standard InChI is InChI=1S/C13H14N2O4S2/c1-9-3-5-11(21(2,18)19)7-12(9)14-8-10-4-6-13(20-10)15(16)17/h3-7,14H,8H2,1-2H3. The van der Waals surface area contributed by atoms with Crippen LogP contribution in [0.2, 0.25) is 0 Å². The fourth-order valence-corrected chi connectivity index (χ4v) is 3.17. The molecule has 1 N–H and O–H groups in total. The summed E-state index contributed by atoms with van der Waals surface area (Å²) in [5, 5.41) is 13.8. The van der Waals surface area contributed by atoms with Crippen molar-refractivity contribution in [2.24, 2.45) is 0 Å². The van der Waals surface area contributed by atoms with Crippen molar-refractivity contribution in [3.63, 3.8) is 0 Å². The van der Waals surface area contributed by atoms with Crippen LogP contribution in [-0.2, 0) is 16.4 Å². The molecule has 0 fully saturated rings. The summed E-state index contributed by atoms with van der Waals surface area (Å²) in [4.78, 5) is 11.3. The van der Waals surface area contributed by atoms with Crippen molar-refractivity contribution in [1.82, 2.24) is 0 Å². The largest absolute Gasteiger partial charge is 0.380 e. The third-order valence-corrected chi connectivity index (χ3v) is 5.06. The highest BCUT2D eigenvalue weighted by Gasteiger charge is 2.11. The van der Waals surface area contributed by atoms with Gasteiger partial charge in [0.15, 0.2) is 9.84 Å². The van der Waals surface area contributed by atoms with Gasteiger partial charge in [0.1, 0.15) is 0 Å². The molecule has 2 aromatic rings. The van der Waals surface area contributed by atoms with Crippen LogP contribution < -0.4 is 5.32 Å². The number of benzene rings is 1. The number of anilines is 1. The van der Waals surface area contributed by atoms with Gasteiger partial charge in [0.25, 0.3) is 0 Å². The number of nitrogens with one attached hydrogen (secondary N) is 1. The molecule has 1 heterocycles. The van der Waals surface area contributed by atoms with E-state index in [-0.39, 0.29) is 9.90 Å². The van der Waals surface area contributed by atoms with E-state index < -0.39 is 14.8 Å². The number of hydrogen-bond acceptors (Lipinski definition) is 6. The van der Waals surface area contributed by atoms with Crippen molar-refractivity contribution in [1.29, 1.82) is 0 Å². The van der Waals surface area contributed by atoms with Crippen molar-refractivity contribution in [2.45, 2.75) is 18.4 Å². The van der Waals surface area contributed by atoms with Crippen LogP contribution in [0.15, 0.2) is 35.2 Å². The highest BCUT2D eigenvalue weighted by molar-refractivity contribution is 7.90. The first-order valence-electron chi connectivity index (χ1n) is 6.05. The molecule has 8 heteroatoms. The number of thiophene rings is 1. The van der Waals surface area contributed by atoms with Crippen molar-refractivity contribution in [2.75, 3.05) is 11.6 Å². The summed E-state index contributed by atoms with van der Waals surface area (Å²) in [5.74, 6) is 0. The molecule has 0 atom stereocenters. The molecule has 6 nitrogen and oxygen atoms in total. The van der Waals surface area contributed by atoms with Crippen LogP contribution >= 0.6 is 11.3 Å². The maximum atomic E-state index is 11.5. The molecule has 0 radical (unpaired) electrons. The average Bonchev–Trinajstić information content (AvgIpc) is 2.85. The summed E-state index contributed by atoms with van der Waals surface area (Å²) in [6, 6.07) is 8.01. The average molecular weight is 326 g/mol. The van der Waals surface area contributed by atoms with Gasteiger partial charge in [0.05, 0.1) is 9.82 Å². The van der Waals surface area contributed by atoms with Gasteiger partial charge in [-0.15, -0.1) is 0 Å². The minimum atomic E-state index is -3.26. The fraction of sp³-hybridized carbons (Fsp3) is 0.231. The number of aryl methyl sites for hydroxylation is 1. The molecule has 0 aliphatic carbocycles. The lowest BCUT2D eigenvalue weighted by Gasteiger charge is -2.10. The quantitative estimate of drug-likeness (QED) is 0.674. The molecular weight excluding hydrogens is 312 g/mol. The van der Waals surface area contributed by atoms with E-state index in [1.165, 1.54) is 6.07 Å². The van der Waals surface area contributed by atoms with Gasteiger partial charge >= 0.3 is 5.00 Å². The first kappa shape index (κ1) is 15.5. The number of rotatable bonds is 5. The predicted molar refractivity (Wildman–Crippen MR) is 82.6 cm³/mol. The van der Waals surface area contributed by atoms with Crippen LogP contribution in [0.5, 0.6) is 0 Å². The van der Waals surface area contributed by atoms with Gasteiger partial charge in [0, 0.05) is 29.4 Å². The first-order chi connectivity index (χ1) is 9.77. The SMILES string of the molecule is Cc1ccc(S(C)(=O)=O)cc1NCc1ccc([N+](=O)[O-])s1. The first-order valence-corrected chi connectivity index (χ1v) is 8.76. The molecular formula is C13H14N2O4S2. The minimum Gasteiger partial charge on any atom is -0.380 e. The molecule has 1 aromatic carbocycles. The summed E-state index contributed by atoms with van der Waals surface area (Å²) in [7, 11) is -3.26. The molecule has 2 rings (SSSR count). The van der Waals surface area contributed by atoms with Gasteiger partial charge < -0.3 is 5.32 Å². The fourth-order valence-electron chi connectivity index (χ4n) is 1.76. The summed E-state index contributed by atoms with van der Waals surface area (Å²) >= 11 is 1.10. The van der Waals surface area contributed by atoms with E-state index >= 15 is 0 Å². The number of nitro groups is 1. The van der Waals surface area contributed by atoms with E-state index in [1.54, 1.807) is 24.3 Å². The Morgan fingerprint density at radius 1 is 1.29 bits per heavy atom. The van der Waals surface area contributed by atoms with E-state index in [1.807, 2.05) is 6.92 Å². The van der Waals surface area contributed by atoms with E-state index in [2.05, 4.69) is 5.32 Å². The van der Waals surface area contributed by atoms with E-state index in [0.717, 1.165) is 28.0 Å². The second-order valence-electron chi connectivity index (χ2n) is 4.60. The zero-order valence-corrected chi connectivity index (χ0v) is 13.1. The molecule has 0 saturated heterocycles. The molecule has 0 aliphatic rings. The topological polar surface area (TPSA) is 89.3 Å². The summed E-state index contributed by atoms with van der Waals surface area (Å²) in [6.45, 7) is 2.28. The molecule has 1 aromatic heterocycles. The third kappa shape index (κ3) is 3.79. The Balaban J connectivity index is 2.17. The Bertz CT molecular complexity index is 781. The molecule has 0 aliphatic heterocycles. The molecule has 0 bridgehead atoms. The number of hydrogen-bond donors (Lipinski definition) is 1. The van der Waals surface area contributed by atoms with Crippen molar-refractivity contribution < 1.29 is 13.3 Å². The third-order valence-electron chi connectivity index (χ3n) is 2.92. The monoisotopic (exact) mass is 326 g/mol. The Morgan fingerprint density at radius 2 is 2.00 bits per heavy atom. The number of nitrogens with zero attached hydrogens (tertiary/aromatic N) is 1. The molecule has 0 saturated carbocycles. The van der Waals surface area contributed by atoms with Crippen LogP contribution in [0.1, 0.15) is 10.4 Å². The maximum absolute atomic E-state index is 11.5. The molecule has 0 amide bonds. The Hall–Kier alpha value is -1.93. The second kappa shape index (κ2) is 5.82. The van der Waals surface area contributed by atoms with E-state index in [9.17, 15) is 18.5 Å². The predicted octanol–water partition coefficient (Wildman–Crippen LogP) is 2.98. The lowest BCUT2D eigenvalue weighted by Crippen LogP contribution is -2.03. The zero-order chi connectivity index (χ0) is 15.6. The van der Waals surface area contributed by atoms with Crippen LogP contribution in [0, 0.1) is 17.0 Å². The van der Waals surface area contributed by atoms with Crippen LogP contribution in [0.4, 0.5) is 10.7 Å². The van der Waals surface area contributed by atoms with Crippen molar-refractivity contribution in [3.05, 3.63) is 50.9 Å². The molecule has 0 spiro atoms. The molecule has 112 valence electrons. The van der Waals surface area contributed by atoms with Crippen LogP contribution in [-0.4, -0.2) is 19.6 Å². The van der Waals surface area contributed by atoms with Crippen molar-refractivity contribution in [3.8, 4) is 0 Å². The van der Waals surface area contributed by atoms with E-state index in [0.29, 0.717) is 12.2 Å². The zero-order valence-electron chi connectivity index (χ0n) is 11.5. The maximum Gasteiger partial charge on any atom is 0.324 e. The summed E-state index contributed by atoms with van der Waals surface area (Å²) in [5.41, 5.74) is 1.61. The van der Waals surface area contributed by atoms with Gasteiger partial charge in [-0.2, -0.15) is 0 Å². The van der Waals surface area contributed by atoms with Crippen LogP contribution in [0.3, 0.4) is 0 Å². The Kier molecular flexibility index (Phi) is 4.29. The smallest absolute Gasteiger partial charge is 0.324 e. The van der Waals surface area contributed by atoms with Gasteiger partial charge in [-0.3, -0.25) is 10.1 Å². The highest BCUT2D eigenvalue weighted by atomic mass is 32.2. The number of sulfone groups is 1. The second-order valence-corrected chi connectivity index (χ2v) is 7.76. The Labute approximate surface area is 126 Å². The van der Waals surface area contributed by atoms with Gasteiger partial charge in [-0.1, -0.05) is 17.4 Å². The lowest BCUT2D eigenvalue weighted by atomic mass is 10.2. The highest BCUT2D eigenvalue weighted by Crippen LogP contribution is 2.26. The van der Waals surface area contributed by atoms with Gasteiger partial charge in [-0.05, 0) is 30.7 Å². The van der Waals surface area contributed by atoms with Gasteiger partial charge in [-0.25, -0.2) is 8.42 Å². The van der Waals surface area contributed by atoms with E-state index in [4.69, 9.17) is 0 Å². The van der Waals surface area contributed by atoms with Crippen LogP contribution in [0.25, 0.3) is 0 Å².